The van der Waals surface area contributed by atoms with E-state index in [0.717, 1.165) is 5.39 Å². The summed E-state index contributed by atoms with van der Waals surface area (Å²) < 4.78 is 15.6. The van der Waals surface area contributed by atoms with Gasteiger partial charge in [-0.1, -0.05) is 0 Å². The Morgan fingerprint density at radius 3 is 2.63 bits per heavy atom. The zero-order valence-electron chi connectivity index (χ0n) is 11.0. The topological polar surface area (TPSA) is 65.7 Å². The second-order valence-corrected chi connectivity index (χ2v) is 4.23. The second kappa shape index (κ2) is 5.14. The fraction of sp³-hybridized carbons (Fsp3) is 0.286. The zero-order valence-corrected chi connectivity index (χ0v) is 11.0. The van der Waals surface area contributed by atoms with Crippen LogP contribution in [0.3, 0.4) is 0 Å². The number of methoxy groups -OCH3 is 1. The summed E-state index contributed by atoms with van der Waals surface area (Å²) >= 11 is 0. The number of furan rings is 1. The molecule has 5 nitrogen and oxygen atoms in total. The summed E-state index contributed by atoms with van der Waals surface area (Å²) in [5.74, 6) is 0.551. The highest BCUT2D eigenvalue weighted by molar-refractivity contribution is 5.96. The molecule has 0 unspecified atom stereocenters. The summed E-state index contributed by atoms with van der Waals surface area (Å²) in [6, 6.07) is 4.94. The molecule has 1 heterocycles. The summed E-state index contributed by atoms with van der Waals surface area (Å²) in [6.45, 7) is 3.18. The first-order chi connectivity index (χ1) is 9.01. The van der Waals surface area contributed by atoms with Crippen molar-refractivity contribution < 1.29 is 23.5 Å². The Labute approximate surface area is 110 Å². The molecule has 0 bridgehead atoms. The largest absolute Gasteiger partial charge is 0.485 e. The Bertz CT molecular complexity index is 639. The van der Waals surface area contributed by atoms with E-state index in [4.69, 9.17) is 9.15 Å². The fourth-order valence-electron chi connectivity index (χ4n) is 1.77. The lowest BCUT2D eigenvalue weighted by molar-refractivity contribution is -0.118. The van der Waals surface area contributed by atoms with Crippen LogP contribution in [-0.2, 0) is 9.53 Å². The summed E-state index contributed by atoms with van der Waals surface area (Å²) in [4.78, 5) is 22.6. The van der Waals surface area contributed by atoms with Gasteiger partial charge in [0.1, 0.15) is 23.7 Å². The smallest absolute Gasteiger partial charge is 0.338 e. The highest BCUT2D eigenvalue weighted by atomic mass is 16.5. The van der Waals surface area contributed by atoms with Crippen molar-refractivity contribution in [2.24, 2.45) is 0 Å². The van der Waals surface area contributed by atoms with E-state index in [0.29, 0.717) is 22.7 Å². The molecule has 0 amide bonds. The molecule has 19 heavy (non-hydrogen) atoms. The molecule has 0 fully saturated rings. The van der Waals surface area contributed by atoms with Gasteiger partial charge in [0, 0.05) is 0 Å². The number of hydrogen-bond acceptors (Lipinski definition) is 5. The third-order valence-electron chi connectivity index (χ3n) is 2.57. The maximum atomic E-state index is 11.6. The first kappa shape index (κ1) is 13.1. The summed E-state index contributed by atoms with van der Waals surface area (Å²) in [5, 5.41) is 0.728. The van der Waals surface area contributed by atoms with Crippen LogP contribution in [0.15, 0.2) is 22.6 Å². The lowest BCUT2D eigenvalue weighted by atomic mass is 10.1. The van der Waals surface area contributed by atoms with E-state index in [9.17, 15) is 9.59 Å². The van der Waals surface area contributed by atoms with Crippen LogP contribution in [0.2, 0.25) is 0 Å². The van der Waals surface area contributed by atoms with Crippen LogP contribution < -0.4 is 4.74 Å². The van der Waals surface area contributed by atoms with Gasteiger partial charge in [-0.25, -0.2) is 4.79 Å². The number of ether oxygens (including phenoxy) is 2. The summed E-state index contributed by atoms with van der Waals surface area (Å²) in [7, 11) is 1.30. The first-order valence-electron chi connectivity index (χ1n) is 5.76. The standard InChI is InChI=1S/C14H14O5/c1-8(15)7-18-12-5-10(14(16)17-3)6-13-11(12)4-9(2)19-13/h4-6H,7H2,1-3H3. The number of hydrogen-bond donors (Lipinski definition) is 0. The van der Waals surface area contributed by atoms with Crippen molar-refractivity contribution in [3.05, 3.63) is 29.5 Å². The Kier molecular flexibility index (Phi) is 3.55. The molecular weight excluding hydrogens is 248 g/mol. The SMILES string of the molecule is COC(=O)c1cc(OCC(C)=O)c2cc(C)oc2c1. The van der Waals surface area contributed by atoms with Crippen LogP contribution >= 0.6 is 0 Å². The van der Waals surface area contributed by atoms with Crippen LogP contribution in [0.25, 0.3) is 11.0 Å². The number of fused-ring (bicyclic) bond motifs is 1. The van der Waals surface area contributed by atoms with E-state index in [1.54, 1.807) is 25.1 Å². The summed E-state index contributed by atoms with van der Waals surface area (Å²) in [6.07, 6.45) is 0. The van der Waals surface area contributed by atoms with Crippen LogP contribution in [0.4, 0.5) is 0 Å². The van der Waals surface area contributed by atoms with Crippen LogP contribution in [0.5, 0.6) is 5.75 Å². The van der Waals surface area contributed by atoms with Gasteiger partial charge in [-0.15, -0.1) is 0 Å². The second-order valence-electron chi connectivity index (χ2n) is 4.23. The quantitative estimate of drug-likeness (QED) is 0.792. The molecule has 2 rings (SSSR count). The Balaban J connectivity index is 2.50. The van der Waals surface area contributed by atoms with E-state index < -0.39 is 5.97 Å². The Morgan fingerprint density at radius 1 is 1.26 bits per heavy atom. The van der Waals surface area contributed by atoms with Gasteiger partial charge >= 0.3 is 5.97 Å². The predicted molar refractivity (Wildman–Crippen MR) is 68.5 cm³/mol. The molecule has 0 N–H and O–H groups in total. The number of carbonyl (C=O) groups is 2. The van der Waals surface area contributed by atoms with Crippen molar-refractivity contribution in [3.63, 3.8) is 0 Å². The first-order valence-corrected chi connectivity index (χ1v) is 5.76. The van der Waals surface area contributed by atoms with E-state index in [2.05, 4.69) is 4.74 Å². The molecule has 0 aliphatic rings. The summed E-state index contributed by atoms with van der Waals surface area (Å²) in [5.41, 5.74) is 0.849. The molecule has 0 radical (unpaired) electrons. The average molecular weight is 262 g/mol. The molecular formula is C14H14O5. The number of aryl methyl sites for hydroxylation is 1. The van der Waals surface area contributed by atoms with Gasteiger partial charge in [0.15, 0.2) is 5.78 Å². The number of Topliss-reactive ketones (excluding diaryl/α,β-unsaturated/α-hetero) is 1. The Hall–Kier alpha value is -2.30. The number of benzene rings is 1. The predicted octanol–water partition coefficient (Wildman–Crippen LogP) is 2.50. The average Bonchev–Trinajstić information content (AvgIpc) is 2.74. The van der Waals surface area contributed by atoms with Gasteiger partial charge in [-0.3, -0.25) is 4.79 Å². The van der Waals surface area contributed by atoms with Crippen molar-refractivity contribution in [2.45, 2.75) is 13.8 Å². The van der Waals surface area contributed by atoms with Gasteiger partial charge in [0.05, 0.1) is 18.1 Å². The lowest BCUT2D eigenvalue weighted by Crippen LogP contribution is -2.08. The van der Waals surface area contributed by atoms with Crippen LogP contribution in [0, 0.1) is 6.92 Å². The van der Waals surface area contributed by atoms with Crippen molar-refractivity contribution in [3.8, 4) is 5.75 Å². The molecule has 0 atom stereocenters. The molecule has 0 saturated carbocycles. The van der Waals surface area contributed by atoms with Crippen molar-refractivity contribution in [1.29, 1.82) is 0 Å². The highest BCUT2D eigenvalue weighted by Gasteiger charge is 2.14. The van der Waals surface area contributed by atoms with Gasteiger partial charge < -0.3 is 13.9 Å². The van der Waals surface area contributed by atoms with Gasteiger partial charge in [-0.05, 0) is 32.0 Å². The number of rotatable bonds is 4. The molecule has 0 aliphatic carbocycles. The van der Waals surface area contributed by atoms with Gasteiger partial charge in [0.2, 0.25) is 0 Å². The minimum atomic E-state index is -0.483. The third kappa shape index (κ3) is 2.76. The van der Waals surface area contributed by atoms with Gasteiger partial charge in [0.25, 0.3) is 0 Å². The van der Waals surface area contributed by atoms with Crippen LogP contribution in [0.1, 0.15) is 23.0 Å². The number of carbonyl (C=O) groups excluding carboxylic acids is 2. The minimum absolute atomic E-state index is 0.0516. The van der Waals surface area contributed by atoms with Gasteiger partial charge in [-0.2, -0.15) is 0 Å². The van der Waals surface area contributed by atoms with Crippen LogP contribution in [-0.4, -0.2) is 25.5 Å². The maximum absolute atomic E-state index is 11.6. The van der Waals surface area contributed by atoms with E-state index in [1.165, 1.54) is 14.0 Å². The molecule has 0 aliphatic heterocycles. The van der Waals surface area contributed by atoms with Crippen molar-refractivity contribution in [1.82, 2.24) is 0 Å². The van der Waals surface area contributed by atoms with E-state index in [1.807, 2.05) is 0 Å². The maximum Gasteiger partial charge on any atom is 0.338 e. The Morgan fingerprint density at radius 2 is 2.00 bits per heavy atom. The van der Waals surface area contributed by atoms with E-state index in [-0.39, 0.29) is 12.4 Å². The zero-order chi connectivity index (χ0) is 14.0. The third-order valence-corrected chi connectivity index (χ3v) is 2.57. The molecule has 2 aromatic rings. The van der Waals surface area contributed by atoms with E-state index >= 15 is 0 Å². The molecule has 1 aromatic heterocycles. The monoisotopic (exact) mass is 262 g/mol. The molecule has 0 spiro atoms. The fourth-order valence-corrected chi connectivity index (χ4v) is 1.77. The normalized spacial score (nSPS) is 10.5. The lowest BCUT2D eigenvalue weighted by Gasteiger charge is -2.07. The molecule has 5 heteroatoms. The van der Waals surface area contributed by atoms with Crippen molar-refractivity contribution >= 4 is 22.7 Å². The molecule has 0 saturated heterocycles. The van der Waals surface area contributed by atoms with Crippen molar-refractivity contribution in [2.75, 3.05) is 13.7 Å². The molecule has 1 aromatic carbocycles. The number of esters is 1. The highest BCUT2D eigenvalue weighted by Crippen LogP contribution is 2.30. The minimum Gasteiger partial charge on any atom is -0.485 e. The molecule has 100 valence electrons. The number of ketones is 1.